The van der Waals surface area contributed by atoms with E-state index in [1.807, 2.05) is 6.07 Å². The number of rotatable bonds is 2. The quantitative estimate of drug-likeness (QED) is 0.657. The van der Waals surface area contributed by atoms with Crippen LogP contribution in [0.4, 0.5) is 5.69 Å². The second-order valence-electron chi connectivity index (χ2n) is 4.41. The molecular formula is C10H15Br2N2+. The Balaban J connectivity index is 3.09. The summed E-state index contributed by atoms with van der Waals surface area (Å²) in [6, 6.07) is 4.04. The van der Waals surface area contributed by atoms with E-state index in [0.29, 0.717) is 0 Å². The molecule has 0 saturated heterocycles. The normalized spacial score (nSPS) is 11.8. The highest BCUT2D eigenvalue weighted by atomic mass is 79.9. The fourth-order valence-electron chi connectivity index (χ4n) is 1.28. The maximum atomic E-state index is 5.98. The van der Waals surface area contributed by atoms with E-state index in [1.165, 1.54) is 5.56 Å². The van der Waals surface area contributed by atoms with Crippen molar-refractivity contribution in [3.63, 3.8) is 0 Å². The van der Waals surface area contributed by atoms with Crippen molar-refractivity contribution in [3.8, 4) is 0 Å². The van der Waals surface area contributed by atoms with Crippen molar-refractivity contribution >= 4 is 37.5 Å². The third-order valence-corrected chi connectivity index (χ3v) is 2.94. The summed E-state index contributed by atoms with van der Waals surface area (Å²) in [5, 5.41) is 0. The summed E-state index contributed by atoms with van der Waals surface area (Å²) in [5.74, 6) is 0. The van der Waals surface area contributed by atoms with Gasteiger partial charge in [-0.2, -0.15) is 0 Å². The van der Waals surface area contributed by atoms with Gasteiger partial charge in [0.15, 0.2) is 0 Å². The van der Waals surface area contributed by atoms with E-state index in [1.54, 1.807) is 0 Å². The van der Waals surface area contributed by atoms with Gasteiger partial charge >= 0.3 is 0 Å². The molecule has 0 saturated carbocycles. The van der Waals surface area contributed by atoms with E-state index in [0.717, 1.165) is 25.7 Å². The second kappa shape index (κ2) is 4.21. The van der Waals surface area contributed by atoms with Gasteiger partial charge in [-0.25, -0.2) is 0 Å². The highest BCUT2D eigenvalue weighted by molar-refractivity contribution is 9.11. The van der Waals surface area contributed by atoms with Crippen LogP contribution in [-0.2, 0) is 6.54 Å². The predicted molar refractivity (Wildman–Crippen MR) is 68.0 cm³/mol. The lowest BCUT2D eigenvalue weighted by Crippen LogP contribution is -2.33. The van der Waals surface area contributed by atoms with Gasteiger partial charge in [-0.3, -0.25) is 0 Å². The van der Waals surface area contributed by atoms with Crippen molar-refractivity contribution in [1.29, 1.82) is 0 Å². The Hall–Kier alpha value is -0.0600. The fraction of sp³-hybridized carbons (Fsp3) is 0.400. The van der Waals surface area contributed by atoms with Crippen molar-refractivity contribution < 1.29 is 4.48 Å². The van der Waals surface area contributed by atoms with Gasteiger partial charge in [0.25, 0.3) is 0 Å². The van der Waals surface area contributed by atoms with E-state index < -0.39 is 0 Å². The molecule has 0 bridgehead atoms. The van der Waals surface area contributed by atoms with Crippen LogP contribution in [0.15, 0.2) is 21.1 Å². The van der Waals surface area contributed by atoms with Crippen LogP contribution in [0.3, 0.4) is 0 Å². The van der Waals surface area contributed by atoms with Gasteiger partial charge in [-0.05, 0) is 28.1 Å². The van der Waals surface area contributed by atoms with Gasteiger partial charge in [-0.15, -0.1) is 0 Å². The molecule has 4 heteroatoms. The number of nitrogen functional groups attached to an aromatic ring is 1. The number of benzene rings is 1. The first-order valence-electron chi connectivity index (χ1n) is 4.33. The molecule has 0 unspecified atom stereocenters. The average molecular weight is 323 g/mol. The number of nitrogens with two attached hydrogens (primary N) is 1. The Bertz CT molecular complexity index is 343. The molecule has 1 aromatic carbocycles. The molecular weight excluding hydrogens is 308 g/mol. The van der Waals surface area contributed by atoms with E-state index in [-0.39, 0.29) is 0 Å². The largest absolute Gasteiger partial charge is 0.397 e. The topological polar surface area (TPSA) is 26.0 Å². The van der Waals surface area contributed by atoms with Gasteiger partial charge < -0.3 is 10.2 Å². The van der Waals surface area contributed by atoms with E-state index in [4.69, 9.17) is 5.73 Å². The number of quaternary nitrogens is 1. The first-order valence-corrected chi connectivity index (χ1v) is 5.92. The SMILES string of the molecule is C[N+](C)(C)Cc1cc(Br)cc(Br)c1N. The minimum absolute atomic E-state index is 0.834. The Morgan fingerprint density at radius 2 is 1.79 bits per heavy atom. The summed E-state index contributed by atoms with van der Waals surface area (Å²) in [7, 11) is 6.44. The Kier molecular flexibility index (Phi) is 3.61. The molecule has 1 rings (SSSR count). The van der Waals surface area contributed by atoms with Crippen molar-refractivity contribution in [1.82, 2.24) is 0 Å². The van der Waals surface area contributed by atoms with Crippen molar-refractivity contribution in [3.05, 3.63) is 26.6 Å². The standard InChI is InChI=1S/C10H15Br2N2/c1-14(2,3)6-7-4-8(11)5-9(12)10(7)13/h4-5H,6,13H2,1-3H3/q+1. The highest BCUT2D eigenvalue weighted by Gasteiger charge is 2.13. The molecule has 2 nitrogen and oxygen atoms in total. The molecule has 0 aliphatic heterocycles. The van der Waals surface area contributed by atoms with E-state index in [9.17, 15) is 0 Å². The van der Waals surface area contributed by atoms with Gasteiger partial charge in [0.1, 0.15) is 6.54 Å². The predicted octanol–water partition coefficient (Wildman–Crippen LogP) is 3.00. The van der Waals surface area contributed by atoms with Crippen LogP contribution in [0.1, 0.15) is 5.56 Å². The van der Waals surface area contributed by atoms with Crippen molar-refractivity contribution in [2.75, 3.05) is 26.9 Å². The van der Waals surface area contributed by atoms with E-state index in [2.05, 4.69) is 59.1 Å². The second-order valence-corrected chi connectivity index (χ2v) is 6.18. The zero-order chi connectivity index (χ0) is 10.9. The zero-order valence-electron chi connectivity index (χ0n) is 8.64. The zero-order valence-corrected chi connectivity index (χ0v) is 11.8. The molecule has 0 atom stereocenters. The van der Waals surface area contributed by atoms with Gasteiger partial charge in [-0.1, -0.05) is 15.9 Å². The molecule has 78 valence electrons. The van der Waals surface area contributed by atoms with Crippen molar-refractivity contribution in [2.24, 2.45) is 0 Å². The van der Waals surface area contributed by atoms with Crippen LogP contribution in [-0.4, -0.2) is 25.6 Å². The summed E-state index contributed by atoms with van der Waals surface area (Å²) in [6.45, 7) is 0.921. The minimum Gasteiger partial charge on any atom is -0.397 e. The Morgan fingerprint density at radius 3 is 2.29 bits per heavy atom. The minimum atomic E-state index is 0.834. The van der Waals surface area contributed by atoms with Gasteiger partial charge in [0, 0.05) is 14.5 Å². The number of nitrogens with zero attached hydrogens (tertiary/aromatic N) is 1. The van der Waals surface area contributed by atoms with Crippen LogP contribution >= 0.6 is 31.9 Å². The molecule has 1 aromatic rings. The van der Waals surface area contributed by atoms with Crippen LogP contribution < -0.4 is 5.73 Å². The number of hydrogen-bond donors (Lipinski definition) is 1. The van der Waals surface area contributed by atoms with Gasteiger partial charge in [0.2, 0.25) is 0 Å². The third-order valence-electron chi connectivity index (χ3n) is 1.82. The highest BCUT2D eigenvalue weighted by Crippen LogP contribution is 2.29. The number of anilines is 1. The van der Waals surface area contributed by atoms with E-state index >= 15 is 0 Å². The summed E-state index contributed by atoms with van der Waals surface area (Å²) in [6.07, 6.45) is 0. The summed E-state index contributed by atoms with van der Waals surface area (Å²) < 4.78 is 2.88. The first-order chi connectivity index (χ1) is 6.29. The summed E-state index contributed by atoms with van der Waals surface area (Å²) in [4.78, 5) is 0. The molecule has 0 fully saturated rings. The molecule has 0 heterocycles. The lowest BCUT2D eigenvalue weighted by atomic mass is 10.1. The lowest BCUT2D eigenvalue weighted by Gasteiger charge is -2.25. The molecule has 0 radical (unpaired) electrons. The Morgan fingerprint density at radius 1 is 1.21 bits per heavy atom. The monoisotopic (exact) mass is 321 g/mol. The Labute approximate surface area is 102 Å². The lowest BCUT2D eigenvalue weighted by molar-refractivity contribution is -0.883. The molecule has 0 aliphatic carbocycles. The number of halogens is 2. The molecule has 0 amide bonds. The molecule has 0 aliphatic rings. The first kappa shape index (κ1) is 12.0. The molecule has 0 aromatic heterocycles. The molecule has 2 N–H and O–H groups in total. The van der Waals surface area contributed by atoms with Crippen LogP contribution in [0.2, 0.25) is 0 Å². The van der Waals surface area contributed by atoms with Crippen LogP contribution in [0.25, 0.3) is 0 Å². The maximum absolute atomic E-state index is 5.98. The van der Waals surface area contributed by atoms with Gasteiger partial charge in [0.05, 0.1) is 26.8 Å². The van der Waals surface area contributed by atoms with Crippen molar-refractivity contribution in [2.45, 2.75) is 6.54 Å². The maximum Gasteiger partial charge on any atom is 0.106 e. The molecule has 0 spiro atoms. The third kappa shape index (κ3) is 3.26. The van der Waals surface area contributed by atoms with Crippen LogP contribution in [0.5, 0.6) is 0 Å². The smallest absolute Gasteiger partial charge is 0.106 e. The molecule has 14 heavy (non-hydrogen) atoms. The average Bonchev–Trinajstić information content (AvgIpc) is 1.96. The fourth-order valence-corrected chi connectivity index (χ4v) is 2.59. The van der Waals surface area contributed by atoms with Crippen LogP contribution in [0, 0.1) is 0 Å². The number of hydrogen-bond acceptors (Lipinski definition) is 1. The summed E-state index contributed by atoms with van der Waals surface area (Å²) in [5.41, 5.74) is 7.98. The summed E-state index contributed by atoms with van der Waals surface area (Å²) >= 11 is 6.90.